The molecule has 3 rings (SSSR count). The summed E-state index contributed by atoms with van der Waals surface area (Å²) >= 11 is 15.1. The van der Waals surface area contributed by atoms with E-state index in [-0.39, 0.29) is 5.69 Å². The zero-order valence-corrected chi connectivity index (χ0v) is 16.5. The minimum atomic E-state index is -0.412. The fraction of sp³-hybridized carbons (Fsp3) is 0.0556. The molecule has 8 heteroatoms. The van der Waals surface area contributed by atoms with Crippen LogP contribution >= 0.6 is 39.1 Å². The molecule has 0 atom stereocenters. The van der Waals surface area contributed by atoms with Gasteiger partial charge in [-0.15, -0.1) is 0 Å². The minimum Gasteiger partial charge on any atom is -0.266 e. The van der Waals surface area contributed by atoms with Crippen molar-refractivity contribution in [1.29, 1.82) is 0 Å². The van der Waals surface area contributed by atoms with Gasteiger partial charge in [0.05, 0.1) is 17.2 Å². The number of aromatic nitrogens is 2. The van der Waals surface area contributed by atoms with E-state index in [1.165, 1.54) is 6.21 Å². The number of rotatable bonds is 5. The van der Waals surface area contributed by atoms with Crippen LogP contribution in [0.15, 0.2) is 64.3 Å². The molecule has 1 amide bonds. The molecule has 0 aliphatic heterocycles. The number of hydrogen-bond acceptors (Lipinski definition) is 3. The van der Waals surface area contributed by atoms with E-state index in [1.54, 1.807) is 29.1 Å². The van der Waals surface area contributed by atoms with Crippen LogP contribution < -0.4 is 5.43 Å². The van der Waals surface area contributed by atoms with Crippen molar-refractivity contribution in [2.24, 2.45) is 5.10 Å². The molecule has 0 fully saturated rings. The molecule has 0 radical (unpaired) electrons. The zero-order valence-electron chi connectivity index (χ0n) is 13.4. The van der Waals surface area contributed by atoms with Crippen molar-refractivity contribution in [2.45, 2.75) is 6.54 Å². The number of benzene rings is 2. The summed E-state index contributed by atoms with van der Waals surface area (Å²) in [4.78, 5) is 12.3. The van der Waals surface area contributed by atoms with Crippen molar-refractivity contribution in [3.63, 3.8) is 0 Å². The first-order valence-corrected chi connectivity index (χ1v) is 9.12. The largest absolute Gasteiger partial charge is 0.293 e. The molecule has 0 unspecified atom stereocenters. The Morgan fingerprint density at radius 1 is 1.19 bits per heavy atom. The predicted octanol–water partition coefficient (Wildman–Crippen LogP) is 4.76. The van der Waals surface area contributed by atoms with Gasteiger partial charge in [0, 0.05) is 16.2 Å². The second-order valence-corrected chi connectivity index (χ2v) is 7.13. The van der Waals surface area contributed by atoms with Gasteiger partial charge in [-0.3, -0.25) is 9.48 Å². The molecule has 1 N–H and O–H groups in total. The molecular formula is C18H13BrCl2N4O. The lowest BCUT2D eigenvalue weighted by Crippen LogP contribution is -2.19. The van der Waals surface area contributed by atoms with E-state index in [1.807, 2.05) is 30.3 Å². The molecule has 1 aromatic heterocycles. The van der Waals surface area contributed by atoms with E-state index < -0.39 is 5.91 Å². The van der Waals surface area contributed by atoms with E-state index in [0.717, 1.165) is 11.1 Å². The molecule has 26 heavy (non-hydrogen) atoms. The van der Waals surface area contributed by atoms with Crippen LogP contribution in [0.25, 0.3) is 0 Å². The van der Waals surface area contributed by atoms with Crippen LogP contribution in [-0.2, 0) is 6.54 Å². The molecule has 2 aromatic carbocycles. The second kappa shape index (κ2) is 8.49. The van der Waals surface area contributed by atoms with Crippen molar-refractivity contribution in [1.82, 2.24) is 15.2 Å². The Hall–Kier alpha value is -2.15. The van der Waals surface area contributed by atoms with E-state index in [4.69, 9.17) is 23.2 Å². The van der Waals surface area contributed by atoms with E-state index in [9.17, 15) is 4.79 Å². The maximum Gasteiger partial charge on any atom is 0.293 e. The van der Waals surface area contributed by atoms with E-state index >= 15 is 0 Å². The average molecular weight is 452 g/mol. The first kappa shape index (κ1) is 18.6. The number of halogens is 3. The highest BCUT2D eigenvalue weighted by Gasteiger charge is 2.14. The Morgan fingerprint density at radius 2 is 1.96 bits per heavy atom. The van der Waals surface area contributed by atoms with Gasteiger partial charge in [0.1, 0.15) is 0 Å². The van der Waals surface area contributed by atoms with Gasteiger partial charge in [0.2, 0.25) is 0 Å². The number of hydrazone groups is 1. The molecule has 0 bridgehead atoms. The van der Waals surface area contributed by atoms with Crippen molar-refractivity contribution >= 4 is 51.3 Å². The molecule has 1 heterocycles. The summed E-state index contributed by atoms with van der Waals surface area (Å²) in [6, 6.07) is 14.6. The third-order valence-corrected chi connectivity index (χ3v) is 4.49. The Labute approximate surface area is 168 Å². The molecule has 3 aromatic rings. The van der Waals surface area contributed by atoms with Gasteiger partial charge in [0.25, 0.3) is 5.91 Å². The third kappa shape index (κ3) is 4.94. The van der Waals surface area contributed by atoms with E-state index in [2.05, 4.69) is 31.6 Å². The molecule has 0 aliphatic carbocycles. The summed E-state index contributed by atoms with van der Waals surface area (Å²) < 4.78 is 2.25. The number of hydrogen-bond donors (Lipinski definition) is 1. The molecule has 0 aliphatic rings. The molecule has 0 spiro atoms. The lowest BCUT2D eigenvalue weighted by molar-refractivity contribution is 0.0948. The Morgan fingerprint density at radius 3 is 2.69 bits per heavy atom. The quantitative estimate of drug-likeness (QED) is 0.448. The van der Waals surface area contributed by atoms with Gasteiger partial charge in [-0.1, -0.05) is 47.5 Å². The van der Waals surface area contributed by atoms with Gasteiger partial charge in [0.15, 0.2) is 5.69 Å². The molecule has 132 valence electrons. The standard InChI is InChI=1S/C18H13BrCl2N4O/c19-16-11-25(10-12-4-6-14(20)7-5-12)24-17(16)18(26)23-22-9-13-2-1-3-15(21)8-13/h1-9,11H,10H2,(H,23,26). The van der Waals surface area contributed by atoms with Gasteiger partial charge >= 0.3 is 0 Å². The van der Waals surface area contributed by atoms with Crippen LogP contribution in [0.2, 0.25) is 10.0 Å². The van der Waals surface area contributed by atoms with Crippen molar-refractivity contribution in [3.05, 3.63) is 86.1 Å². The summed E-state index contributed by atoms with van der Waals surface area (Å²) in [7, 11) is 0. The number of carbonyl (C=O) groups excluding carboxylic acids is 1. The summed E-state index contributed by atoms with van der Waals surface area (Å²) in [6.07, 6.45) is 3.26. The maximum absolute atomic E-state index is 12.3. The fourth-order valence-electron chi connectivity index (χ4n) is 2.21. The highest BCUT2D eigenvalue weighted by atomic mass is 79.9. The summed E-state index contributed by atoms with van der Waals surface area (Å²) in [5.74, 6) is -0.412. The Balaban J connectivity index is 1.66. The molecular weight excluding hydrogens is 439 g/mol. The number of amides is 1. The average Bonchev–Trinajstić information content (AvgIpc) is 2.97. The molecule has 5 nitrogen and oxygen atoms in total. The normalized spacial score (nSPS) is 11.0. The summed E-state index contributed by atoms with van der Waals surface area (Å²) in [5.41, 5.74) is 4.51. The van der Waals surface area contributed by atoms with Crippen LogP contribution in [0.1, 0.15) is 21.6 Å². The lowest BCUT2D eigenvalue weighted by atomic mass is 10.2. The second-order valence-electron chi connectivity index (χ2n) is 5.40. The number of nitrogens with one attached hydrogen (secondary N) is 1. The fourth-order valence-corrected chi connectivity index (χ4v) is 3.03. The summed E-state index contributed by atoms with van der Waals surface area (Å²) in [5, 5.41) is 9.51. The summed E-state index contributed by atoms with van der Waals surface area (Å²) in [6.45, 7) is 0.523. The van der Waals surface area contributed by atoms with Crippen LogP contribution in [-0.4, -0.2) is 21.9 Å². The van der Waals surface area contributed by atoms with Crippen LogP contribution in [0.3, 0.4) is 0 Å². The van der Waals surface area contributed by atoms with Crippen LogP contribution in [0.5, 0.6) is 0 Å². The van der Waals surface area contributed by atoms with Gasteiger partial charge < -0.3 is 0 Å². The molecule has 0 saturated heterocycles. The first-order valence-electron chi connectivity index (χ1n) is 7.57. The maximum atomic E-state index is 12.3. The SMILES string of the molecule is O=C(NN=Cc1cccc(Cl)c1)c1nn(Cc2ccc(Cl)cc2)cc1Br. The number of nitrogens with zero attached hydrogens (tertiary/aromatic N) is 3. The van der Waals surface area contributed by atoms with Gasteiger partial charge in [-0.05, 0) is 51.3 Å². The third-order valence-electron chi connectivity index (χ3n) is 3.42. The van der Waals surface area contributed by atoms with E-state index in [0.29, 0.717) is 21.1 Å². The van der Waals surface area contributed by atoms with Crippen molar-refractivity contribution in [3.8, 4) is 0 Å². The van der Waals surface area contributed by atoms with Crippen LogP contribution in [0, 0.1) is 0 Å². The topological polar surface area (TPSA) is 59.3 Å². The smallest absolute Gasteiger partial charge is 0.266 e. The first-order chi connectivity index (χ1) is 12.5. The van der Waals surface area contributed by atoms with Crippen molar-refractivity contribution in [2.75, 3.05) is 0 Å². The highest BCUT2D eigenvalue weighted by molar-refractivity contribution is 9.10. The monoisotopic (exact) mass is 450 g/mol. The lowest BCUT2D eigenvalue weighted by Gasteiger charge is -2.01. The van der Waals surface area contributed by atoms with Crippen molar-refractivity contribution < 1.29 is 4.79 Å². The van der Waals surface area contributed by atoms with Crippen LogP contribution in [0.4, 0.5) is 0 Å². The predicted molar refractivity (Wildman–Crippen MR) is 107 cm³/mol. The Kier molecular flexibility index (Phi) is 6.08. The van der Waals surface area contributed by atoms with Gasteiger partial charge in [-0.25, -0.2) is 5.43 Å². The zero-order chi connectivity index (χ0) is 18.5. The molecule has 0 saturated carbocycles. The van der Waals surface area contributed by atoms with Gasteiger partial charge in [-0.2, -0.15) is 10.2 Å². The minimum absolute atomic E-state index is 0.252. The highest BCUT2D eigenvalue weighted by Crippen LogP contribution is 2.17. The Bertz CT molecular complexity index is 954. The number of carbonyl (C=O) groups is 1.